The molecule has 23 heavy (non-hydrogen) atoms. The van der Waals surface area contributed by atoms with Crippen molar-refractivity contribution in [2.75, 3.05) is 6.61 Å². The highest BCUT2D eigenvalue weighted by molar-refractivity contribution is 6.16. The molecule has 1 aromatic heterocycles. The number of aliphatic carboxylic acids is 1. The highest BCUT2D eigenvalue weighted by Crippen LogP contribution is 2.27. The van der Waals surface area contributed by atoms with Crippen LogP contribution < -0.4 is 9.84 Å². The molecule has 0 saturated carbocycles. The quantitative estimate of drug-likeness (QED) is 0.674. The fourth-order valence-electron chi connectivity index (χ4n) is 2.28. The van der Waals surface area contributed by atoms with E-state index >= 15 is 0 Å². The Bertz CT molecular complexity index is 874. The summed E-state index contributed by atoms with van der Waals surface area (Å²) in [6.07, 6.45) is 1.40. The Morgan fingerprint density at radius 3 is 2.57 bits per heavy atom. The number of carbonyl (C=O) groups excluding carboxylic acids is 2. The molecule has 1 heterocycles. The van der Waals surface area contributed by atoms with Gasteiger partial charge in [0.25, 0.3) is 0 Å². The number of carboxylic acids is 1. The molecule has 3 aromatic rings. The molecule has 3 rings (SSSR count). The van der Waals surface area contributed by atoms with E-state index in [2.05, 4.69) is 0 Å². The third-order valence-electron chi connectivity index (χ3n) is 3.46. The summed E-state index contributed by atoms with van der Waals surface area (Å²) >= 11 is 0. The van der Waals surface area contributed by atoms with Crippen molar-refractivity contribution >= 4 is 22.7 Å². The number of carbonyl (C=O) groups is 2. The van der Waals surface area contributed by atoms with Gasteiger partial charge >= 0.3 is 0 Å². The van der Waals surface area contributed by atoms with E-state index in [0.717, 1.165) is 5.56 Å². The van der Waals surface area contributed by atoms with Crippen LogP contribution >= 0.6 is 0 Å². The SMILES string of the molecule is Cc1ccc(C(=O)c2coc3ccc(OCC(=O)[O-])cc23)cc1. The lowest BCUT2D eigenvalue weighted by molar-refractivity contribution is -0.307. The van der Waals surface area contributed by atoms with Crippen LogP contribution in [0, 0.1) is 6.92 Å². The summed E-state index contributed by atoms with van der Waals surface area (Å²) in [7, 11) is 0. The molecule has 0 atom stereocenters. The summed E-state index contributed by atoms with van der Waals surface area (Å²) < 4.78 is 10.5. The Morgan fingerprint density at radius 2 is 1.87 bits per heavy atom. The van der Waals surface area contributed by atoms with E-state index < -0.39 is 12.6 Å². The van der Waals surface area contributed by atoms with Crippen molar-refractivity contribution in [1.82, 2.24) is 0 Å². The Kier molecular flexibility index (Phi) is 3.85. The zero-order valence-electron chi connectivity index (χ0n) is 12.4. The Balaban J connectivity index is 1.96. The summed E-state index contributed by atoms with van der Waals surface area (Å²) in [5, 5.41) is 11.0. The van der Waals surface area contributed by atoms with E-state index in [4.69, 9.17) is 9.15 Å². The molecule has 116 valence electrons. The lowest BCUT2D eigenvalue weighted by Crippen LogP contribution is -2.28. The smallest absolute Gasteiger partial charge is 0.196 e. The van der Waals surface area contributed by atoms with Gasteiger partial charge in [-0.2, -0.15) is 0 Å². The molecular weight excluding hydrogens is 296 g/mol. The third-order valence-corrected chi connectivity index (χ3v) is 3.46. The Morgan fingerprint density at radius 1 is 1.13 bits per heavy atom. The first-order chi connectivity index (χ1) is 11.0. The maximum Gasteiger partial charge on any atom is 0.196 e. The van der Waals surface area contributed by atoms with E-state index in [0.29, 0.717) is 27.8 Å². The topological polar surface area (TPSA) is 79.6 Å². The van der Waals surface area contributed by atoms with E-state index in [9.17, 15) is 14.7 Å². The van der Waals surface area contributed by atoms with Crippen LogP contribution in [0.15, 0.2) is 53.1 Å². The van der Waals surface area contributed by atoms with Gasteiger partial charge in [-0.1, -0.05) is 29.8 Å². The summed E-state index contributed by atoms with van der Waals surface area (Å²) in [5.74, 6) is -1.14. The van der Waals surface area contributed by atoms with Crippen molar-refractivity contribution in [3.8, 4) is 5.75 Å². The van der Waals surface area contributed by atoms with E-state index in [1.165, 1.54) is 6.26 Å². The van der Waals surface area contributed by atoms with Crippen LogP contribution in [0.25, 0.3) is 11.0 Å². The second-order valence-electron chi connectivity index (χ2n) is 5.16. The van der Waals surface area contributed by atoms with Crippen LogP contribution in [0.3, 0.4) is 0 Å². The van der Waals surface area contributed by atoms with Crippen LogP contribution in [0.5, 0.6) is 5.75 Å². The minimum Gasteiger partial charge on any atom is -0.546 e. The molecule has 0 radical (unpaired) electrons. The number of rotatable bonds is 5. The number of ether oxygens (including phenoxy) is 1. The summed E-state index contributed by atoms with van der Waals surface area (Å²) in [6, 6.07) is 12.0. The van der Waals surface area contributed by atoms with Crippen molar-refractivity contribution in [3.63, 3.8) is 0 Å². The van der Waals surface area contributed by atoms with Gasteiger partial charge in [-0.25, -0.2) is 0 Å². The van der Waals surface area contributed by atoms with Gasteiger partial charge in [-0.15, -0.1) is 0 Å². The predicted molar refractivity (Wildman–Crippen MR) is 81.3 cm³/mol. The normalized spacial score (nSPS) is 10.7. The minimum absolute atomic E-state index is 0.166. The second-order valence-corrected chi connectivity index (χ2v) is 5.16. The Labute approximate surface area is 132 Å². The number of ketones is 1. The largest absolute Gasteiger partial charge is 0.546 e. The van der Waals surface area contributed by atoms with Crippen molar-refractivity contribution < 1.29 is 23.8 Å². The van der Waals surface area contributed by atoms with Gasteiger partial charge in [-0.3, -0.25) is 4.79 Å². The van der Waals surface area contributed by atoms with Gasteiger partial charge in [0.05, 0.1) is 11.5 Å². The standard InChI is InChI=1S/C18H14O5/c1-11-2-4-12(5-3-11)18(21)15-9-23-16-7-6-13(8-14(15)16)22-10-17(19)20/h2-9H,10H2,1H3,(H,19,20)/p-1. The molecule has 0 N–H and O–H groups in total. The molecule has 0 aliphatic carbocycles. The lowest BCUT2D eigenvalue weighted by Gasteiger charge is -2.06. The second kappa shape index (κ2) is 5.96. The monoisotopic (exact) mass is 309 g/mol. The molecule has 0 aliphatic heterocycles. The number of fused-ring (bicyclic) bond motifs is 1. The van der Waals surface area contributed by atoms with Crippen LogP contribution in [0.4, 0.5) is 0 Å². The average Bonchev–Trinajstić information content (AvgIpc) is 2.96. The van der Waals surface area contributed by atoms with Gasteiger partial charge in [0.1, 0.15) is 24.2 Å². The summed E-state index contributed by atoms with van der Waals surface area (Å²) in [4.78, 5) is 23.1. The van der Waals surface area contributed by atoms with Crippen molar-refractivity contribution in [2.45, 2.75) is 6.92 Å². The van der Waals surface area contributed by atoms with Crippen molar-refractivity contribution in [1.29, 1.82) is 0 Å². The molecule has 2 aromatic carbocycles. The van der Waals surface area contributed by atoms with E-state index in [1.807, 2.05) is 19.1 Å². The first-order valence-electron chi connectivity index (χ1n) is 7.00. The highest BCUT2D eigenvalue weighted by atomic mass is 16.5. The van der Waals surface area contributed by atoms with Gasteiger partial charge in [0.15, 0.2) is 5.78 Å². The molecule has 0 aliphatic rings. The zero-order chi connectivity index (χ0) is 16.4. The number of furan rings is 1. The predicted octanol–water partition coefficient (Wildman–Crippen LogP) is 2.10. The first kappa shape index (κ1) is 14.8. The van der Waals surface area contributed by atoms with Crippen molar-refractivity contribution in [2.24, 2.45) is 0 Å². The average molecular weight is 309 g/mol. The van der Waals surface area contributed by atoms with Gasteiger partial charge in [-0.05, 0) is 25.1 Å². The highest BCUT2D eigenvalue weighted by Gasteiger charge is 2.16. The first-order valence-corrected chi connectivity index (χ1v) is 7.00. The number of benzene rings is 2. The Hall–Kier alpha value is -3.08. The molecular formula is C18H13O5-. The number of hydrogen-bond acceptors (Lipinski definition) is 5. The van der Waals surface area contributed by atoms with E-state index in [1.54, 1.807) is 30.3 Å². The van der Waals surface area contributed by atoms with Crippen molar-refractivity contribution in [3.05, 3.63) is 65.4 Å². The van der Waals surface area contributed by atoms with Gasteiger partial charge in [0, 0.05) is 10.9 Å². The molecule has 5 heteroatoms. The number of aryl methyl sites for hydroxylation is 1. The fourth-order valence-corrected chi connectivity index (χ4v) is 2.28. The molecule has 0 bridgehead atoms. The molecule has 0 fully saturated rings. The van der Waals surface area contributed by atoms with Crippen LogP contribution in [0.2, 0.25) is 0 Å². The number of hydrogen-bond donors (Lipinski definition) is 0. The summed E-state index contributed by atoms with van der Waals surface area (Å²) in [6.45, 7) is 1.40. The zero-order valence-corrected chi connectivity index (χ0v) is 12.4. The molecule has 0 unspecified atom stereocenters. The lowest BCUT2D eigenvalue weighted by atomic mass is 10.0. The summed E-state index contributed by atoms with van der Waals surface area (Å²) in [5.41, 5.74) is 2.56. The van der Waals surface area contributed by atoms with Crippen LogP contribution in [0.1, 0.15) is 21.5 Å². The maximum absolute atomic E-state index is 12.6. The fraction of sp³-hybridized carbons (Fsp3) is 0.111. The van der Waals surface area contributed by atoms with Gasteiger partial charge < -0.3 is 19.1 Å². The molecule has 0 spiro atoms. The molecule has 5 nitrogen and oxygen atoms in total. The van der Waals surface area contributed by atoms with Gasteiger partial charge in [0.2, 0.25) is 0 Å². The molecule has 0 saturated heterocycles. The molecule has 0 amide bonds. The maximum atomic E-state index is 12.6. The minimum atomic E-state index is -1.31. The van der Waals surface area contributed by atoms with E-state index in [-0.39, 0.29) is 5.78 Å². The third kappa shape index (κ3) is 3.08. The van der Waals surface area contributed by atoms with Crippen LogP contribution in [-0.4, -0.2) is 18.4 Å². The number of carboxylic acid groups (broad SMARTS) is 1. The van der Waals surface area contributed by atoms with Crippen LogP contribution in [-0.2, 0) is 4.79 Å².